The number of halogens is 1. The Bertz CT molecular complexity index is 632. The van der Waals surface area contributed by atoms with Gasteiger partial charge < -0.3 is 10.1 Å². The van der Waals surface area contributed by atoms with E-state index < -0.39 is 4.92 Å². The summed E-state index contributed by atoms with van der Waals surface area (Å²) in [5, 5.41) is 14.5. The maximum Gasteiger partial charge on any atom is 0.278 e. The molecule has 1 aromatic heterocycles. The van der Waals surface area contributed by atoms with Gasteiger partial charge in [-0.05, 0) is 24.6 Å². The third kappa shape index (κ3) is 4.32. The van der Waals surface area contributed by atoms with Crippen LogP contribution in [0.4, 0.5) is 11.5 Å². The molecule has 1 heterocycles. The van der Waals surface area contributed by atoms with Crippen molar-refractivity contribution < 1.29 is 9.66 Å². The molecule has 0 atom stereocenters. The van der Waals surface area contributed by atoms with Gasteiger partial charge in [0.1, 0.15) is 12.4 Å². The SMILES string of the molecule is CCNc1cc([N+](=O)[O-])cc(OCc2ccc(Cl)cc2)n1. The summed E-state index contributed by atoms with van der Waals surface area (Å²) in [6.45, 7) is 2.76. The van der Waals surface area contributed by atoms with E-state index in [9.17, 15) is 10.1 Å². The Balaban J connectivity index is 2.14. The summed E-state index contributed by atoms with van der Waals surface area (Å²) in [5.74, 6) is 0.618. The molecule has 21 heavy (non-hydrogen) atoms. The Morgan fingerprint density at radius 3 is 2.67 bits per heavy atom. The van der Waals surface area contributed by atoms with Crippen molar-refractivity contribution in [2.75, 3.05) is 11.9 Å². The molecule has 110 valence electrons. The van der Waals surface area contributed by atoms with Crippen LogP contribution in [0, 0.1) is 10.1 Å². The van der Waals surface area contributed by atoms with Crippen LogP contribution in [0.25, 0.3) is 0 Å². The first-order chi connectivity index (χ1) is 10.1. The zero-order valence-corrected chi connectivity index (χ0v) is 12.1. The minimum atomic E-state index is -0.475. The van der Waals surface area contributed by atoms with Gasteiger partial charge in [0.25, 0.3) is 5.69 Å². The highest BCUT2D eigenvalue weighted by molar-refractivity contribution is 6.30. The van der Waals surface area contributed by atoms with Crippen molar-refractivity contribution in [3.63, 3.8) is 0 Å². The number of nitrogens with zero attached hydrogens (tertiary/aromatic N) is 2. The van der Waals surface area contributed by atoms with Gasteiger partial charge in [-0.1, -0.05) is 23.7 Å². The van der Waals surface area contributed by atoms with Crippen LogP contribution in [-0.4, -0.2) is 16.5 Å². The summed E-state index contributed by atoms with van der Waals surface area (Å²) in [7, 11) is 0. The van der Waals surface area contributed by atoms with Crippen LogP contribution in [-0.2, 0) is 6.61 Å². The Kier molecular flexibility index (Phi) is 4.94. The molecule has 1 aromatic carbocycles. The van der Waals surface area contributed by atoms with Crippen molar-refractivity contribution in [1.29, 1.82) is 0 Å². The van der Waals surface area contributed by atoms with E-state index in [1.54, 1.807) is 12.1 Å². The molecule has 0 aliphatic rings. The highest BCUT2D eigenvalue weighted by Crippen LogP contribution is 2.23. The average Bonchev–Trinajstić information content (AvgIpc) is 2.47. The summed E-state index contributed by atoms with van der Waals surface area (Å²) in [5.41, 5.74) is 0.838. The highest BCUT2D eigenvalue weighted by Gasteiger charge is 2.12. The number of nitrogens with one attached hydrogen (secondary N) is 1. The summed E-state index contributed by atoms with van der Waals surface area (Å²) in [4.78, 5) is 14.6. The van der Waals surface area contributed by atoms with Crippen molar-refractivity contribution >= 4 is 23.1 Å². The molecule has 2 aromatic rings. The second-order valence-electron chi connectivity index (χ2n) is 4.25. The number of pyridine rings is 1. The Labute approximate surface area is 126 Å². The van der Waals surface area contributed by atoms with Crippen LogP contribution in [0.15, 0.2) is 36.4 Å². The normalized spacial score (nSPS) is 10.2. The lowest BCUT2D eigenvalue weighted by Crippen LogP contribution is -2.03. The molecule has 0 aliphatic carbocycles. The average molecular weight is 308 g/mol. The van der Waals surface area contributed by atoms with E-state index in [4.69, 9.17) is 16.3 Å². The van der Waals surface area contributed by atoms with E-state index in [-0.39, 0.29) is 18.2 Å². The summed E-state index contributed by atoms with van der Waals surface area (Å²) >= 11 is 5.80. The molecule has 1 N–H and O–H groups in total. The lowest BCUT2D eigenvalue weighted by molar-refractivity contribution is -0.384. The number of hydrogen-bond acceptors (Lipinski definition) is 5. The van der Waals surface area contributed by atoms with Gasteiger partial charge in [-0.15, -0.1) is 0 Å². The van der Waals surface area contributed by atoms with E-state index in [1.165, 1.54) is 12.1 Å². The molecule has 0 amide bonds. The first-order valence-electron chi connectivity index (χ1n) is 6.36. The van der Waals surface area contributed by atoms with Crippen LogP contribution < -0.4 is 10.1 Å². The van der Waals surface area contributed by atoms with Gasteiger partial charge in [-0.25, -0.2) is 0 Å². The largest absolute Gasteiger partial charge is 0.473 e. The zero-order chi connectivity index (χ0) is 15.2. The van der Waals surface area contributed by atoms with Gasteiger partial charge in [0.05, 0.1) is 17.1 Å². The van der Waals surface area contributed by atoms with E-state index in [0.29, 0.717) is 17.4 Å². The van der Waals surface area contributed by atoms with Crippen molar-refractivity contribution in [2.24, 2.45) is 0 Å². The second-order valence-corrected chi connectivity index (χ2v) is 4.69. The molecular weight excluding hydrogens is 294 g/mol. The molecule has 0 saturated carbocycles. The fraction of sp³-hybridized carbons (Fsp3) is 0.214. The van der Waals surface area contributed by atoms with Gasteiger partial charge in [0.15, 0.2) is 0 Å². The standard InChI is InChI=1S/C14H14ClN3O3/c1-2-16-13-7-12(18(19)20)8-14(17-13)21-9-10-3-5-11(15)6-4-10/h3-8H,2,9H2,1H3,(H,16,17). The van der Waals surface area contributed by atoms with Crippen molar-refractivity contribution in [1.82, 2.24) is 4.98 Å². The number of ether oxygens (including phenoxy) is 1. The van der Waals surface area contributed by atoms with E-state index in [1.807, 2.05) is 19.1 Å². The summed E-state index contributed by atoms with van der Waals surface area (Å²) in [6.07, 6.45) is 0. The maximum absolute atomic E-state index is 10.9. The number of hydrogen-bond donors (Lipinski definition) is 1. The molecule has 7 heteroatoms. The van der Waals surface area contributed by atoms with Gasteiger partial charge in [0, 0.05) is 11.6 Å². The first-order valence-corrected chi connectivity index (χ1v) is 6.74. The number of anilines is 1. The summed E-state index contributed by atoms with van der Waals surface area (Å²) < 4.78 is 5.51. The molecule has 0 spiro atoms. The lowest BCUT2D eigenvalue weighted by Gasteiger charge is -2.08. The molecule has 2 rings (SSSR count). The fourth-order valence-electron chi connectivity index (χ4n) is 1.68. The monoisotopic (exact) mass is 307 g/mol. The van der Waals surface area contributed by atoms with Gasteiger partial charge >= 0.3 is 0 Å². The first kappa shape index (κ1) is 15.1. The third-order valence-corrected chi connectivity index (χ3v) is 2.91. The zero-order valence-electron chi connectivity index (χ0n) is 11.4. The predicted octanol–water partition coefficient (Wildman–Crippen LogP) is 3.65. The molecule has 0 fully saturated rings. The third-order valence-electron chi connectivity index (χ3n) is 2.66. The van der Waals surface area contributed by atoms with Crippen LogP contribution in [0.1, 0.15) is 12.5 Å². The Morgan fingerprint density at radius 1 is 1.33 bits per heavy atom. The Morgan fingerprint density at radius 2 is 2.05 bits per heavy atom. The fourth-order valence-corrected chi connectivity index (χ4v) is 1.81. The molecule has 0 bridgehead atoms. The smallest absolute Gasteiger partial charge is 0.278 e. The number of nitro groups is 1. The minimum absolute atomic E-state index is 0.0629. The Hall–Kier alpha value is -2.34. The quantitative estimate of drug-likeness (QED) is 0.651. The van der Waals surface area contributed by atoms with Crippen molar-refractivity contribution in [3.8, 4) is 5.88 Å². The van der Waals surface area contributed by atoms with Crippen LogP contribution in [0.5, 0.6) is 5.88 Å². The number of benzene rings is 1. The van der Waals surface area contributed by atoms with E-state index in [2.05, 4.69) is 10.3 Å². The van der Waals surface area contributed by atoms with Gasteiger partial charge in [0.2, 0.25) is 5.88 Å². The van der Waals surface area contributed by atoms with E-state index >= 15 is 0 Å². The van der Waals surface area contributed by atoms with Crippen LogP contribution in [0.2, 0.25) is 5.02 Å². The van der Waals surface area contributed by atoms with Crippen molar-refractivity contribution in [2.45, 2.75) is 13.5 Å². The van der Waals surface area contributed by atoms with Crippen molar-refractivity contribution in [3.05, 3.63) is 57.1 Å². The molecule has 6 nitrogen and oxygen atoms in total. The molecule has 0 radical (unpaired) electrons. The molecular formula is C14H14ClN3O3. The van der Waals surface area contributed by atoms with Gasteiger partial charge in [-0.2, -0.15) is 4.98 Å². The summed E-state index contributed by atoms with van der Waals surface area (Å²) in [6, 6.07) is 9.83. The second kappa shape index (κ2) is 6.90. The molecule has 0 unspecified atom stereocenters. The lowest BCUT2D eigenvalue weighted by atomic mass is 10.2. The van der Waals surface area contributed by atoms with Gasteiger partial charge in [-0.3, -0.25) is 10.1 Å². The number of rotatable bonds is 6. The number of aromatic nitrogens is 1. The highest BCUT2D eigenvalue weighted by atomic mass is 35.5. The van der Waals surface area contributed by atoms with E-state index in [0.717, 1.165) is 5.56 Å². The maximum atomic E-state index is 10.9. The minimum Gasteiger partial charge on any atom is -0.473 e. The van der Waals surface area contributed by atoms with Crippen LogP contribution in [0.3, 0.4) is 0 Å². The van der Waals surface area contributed by atoms with Crippen LogP contribution >= 0.6 is 11.6 Å². The predicted molar refractivity (Wildman–Crippen MR) is 80.8 cm³/mol. The molecule has 0 saturated heterocycles. The topological polar surface area (TPSA) is 77.3 Å². The molecule has 0 aliphatic heterocycles.